The van der Waals surface area contributed by atoms with Gasteiger partial charge in [0.1, 0.15) is 6.61 Å². The number of hydrogen-bond donors (Lipinski definition) is 1. The first-order valence-corrected chi connectivity index (χ1v) is 3.33. The molecule has 0 aromatic rings. The zero-order valence-corrected chi connectivity index (χ0v) is 6.52. The summed E-state index contributed by atoms with van der Waals surface area (Å²) in [4.78, 5) is 10.7. The molecule has 10 heavy (non-hydrogen) atoms. The SMILES string of the molecule is [CH2]COCC(=O)NC(C)C. The quantitative estimate of drug-likeness (QED) is 0.618. The third-order valence-electron chi connectivity index (χ3n) is 0.827. The van der Waals surface area contributed by atoms with Gasteiger partial charge in [0.2, 0.25) is 5.91 Å². The molecule has 1 N–H and O–H groups in total. The van der Waals surface area contributed by atoms with E-state index in [9.17, 15) is 4.79 Å². The lowest BCUT2D eigenvalue weighted by Crippen LogP contribution is -2.33. The van der Waals surface area contributed by atoms with Crippen LogP contribution in [-0.4, -0.2) is 25.2 Å². The third kappa shape index (κ3) is 5.56. The van der Waals surface area contributed by atoms with Gasteiger partial charge in [0.05, 0.1) is 0 Å². The lowest BCUT2D eigenvalue weighted by atomic mass is 10.4. The Morgan fingerprint density at radius 3 is 2.70 bits per heavy atom. The molecular weight excluding hydrogens is 130 g/mol. The fourth-order valence-corrected chi connectivity index (χ4v) is 0.529. The Morgan fingerprint density at radius 2 is 2.30 bits per heavy atom. The summed E-state index contributed by atoms with van der Waals surface area (Å²) in [7, 11) is 0. The molecular formula is C7H14NO2. The molecule has 0 aliphatic rings. The molecule has 0 spiro atoms. The van der Waals surface area contributed by atoms with Gasteiger partial charge in [-0.25, -0.2) is 0 Å². The van der Waals surface area contributed by atoms with Crippen LogP contribution < -0.4 is 5.32 Å². The van der Waals surface area contributed by atoms with Gasteiger partial charge in [0.25, 0.3) is 0 Å². The van der Waals surface area contributed by atoms with Crippen molar-refractivity contribution in [1.29, 1.82) is 0 Å². The monoisotopic (exact) mass is 144 g/mol. The molecule has 59 valence electrons. The highest BCUT2D eigenvalue weighted by atomic mass is 16.5. The number of carbonyl (C=O) groups is 1. The van der Waals surface area contributed by atoms with Gasteiger partial charge in [-0.05, 0) is 20.8 Å². The van der Waals surface area contributed by atoms with Gasteiger partial charge < -0.3 is 10.1 Å². The van der Waals surface area contributed by atoms with E-state index in [0.29, 0.717) is 6.61 Å². The van der Waals surface area contributed by atoms with Crippen LogP contribution in [0.1, 0.15) is 13.8 Å². The largest absolute Gasteiger partial charge is 0.372 e. The summed E-state index contributed by atoms with van der Waals surface area (Å²) in [6.45, 7) is 7.70. The number of ether oxygens (including phenoxy) is 1. The summed E-state index contributed by atoms with van der Waals surface area (Å²) in [5, 5.41) is 2.69. The summed E-state index contributed by atoms with van der Waals surface area (Å²) in [5.74, 6) is -0.0846. The van der Waals surface area contributed by atoms with Gasteiger partial charge in [-0.2, -0.15) is 0 Å². The van der Waals surface area contributed by atoms with E-state index >= 15 is 0 Å². The minimum atomic E-state index is -0.0846. The van der Waals surface area contributed by atoms with Crippen LogP contribution in [0.2, 0.25) is 0 Å². The van der Waals surface area contributed by atoms with Gasteiger partial charge in [0.15, 0.2) is 0 Å². The van der Waals surface area contributed by atoms with Crippen LogP contribution in [0.25, 0.3) is 0 Å². The highest BCUT2D eigenvalue weighted by Crippen LogP contribution is 1.78. The van der Waals surface area contributed by atoms with Crippen molar-refractivity contribution in [2.75, 3.05) is 13.2 Å². The predicted octanol–water partition coefficient (Wildman–Crippen LogP) is 0.362. The zero-order chi connectivity index (χ0) is 7.98. The van der Waals surface area contributed by atoms with Crippen molar-refractivity contribution in [3.05, 3.63) is 6.92 Å². The van der Waals surface area contributed by atoms with Crippen molar-refractivity contribution in [2.24, 2.45) is 0 Å². The lowest BCUT2D eigenvalue weighted by Gasteiger charge is -2.07. The van der Waals surface area contributed by atoms with E-state index in [-0.39, 0.29) is 18.6 Å². The Balaban J connectivity index is 3.26. The summed E-state index contributed by atoms with van der Waals surface area (Å²) in [6.07, 6.45) is 0. The fraction of sp³-hybridized carbons (Fsp3) is 0.714. The second kappa shape index (κ2) is 5.23. The predicted molar refractivity (Wildman–Crippen MR) is 39.5 cm³/mol. The molecule has 0 rings (SSSR count). The van der Waals surface area contributed by atoms with Crippen molar-refractivity contribution in [3.8, 4) is 0 Å². The van der Waals surface area contributed by atoms with E-state index in [2.05, 4.69) is 12.2 Å². The fourth-order valence-electron chi connectivity index (χ4n) is 0.529. The molecule has 0 unspecified atom stereocenters. The van der Waals surface area contributed by atoms with Gasteiger partial charge in [-0.15, -0.1) is 0 Å². The van der Waals surface area contributed by atoms with Gasteiger partial charge >= 0.3 is 0 Å². The topological polar surface area (TPSA) is 38.3 Å². The van der Waals surface area contributed by atoms with E-state index < -0.39 is 0 Å². The maximum absolute atomic E-state index is 10.7. The second-order valence-electron chi connectivity index (χ2n) is 2.27. The highest BCUT2D eigenvalue weighted by Gasteiger charge is 2.00. The molecule has 1 radical (unpaired) electrons. The van der Waals surface area contributed by atoms with E-state index in [1.807, 2.05) is 13.8 Å². The number of hydrogen-bond acceptors (Lipinski definition) is 2. The number of nitrogens with one attached hydrogen (secondary N) is 1. The average molecular weight is 144 g/mol. The van der Waals surface area contributed by atoms with E-state index in [0.717, 1.165) is 0 Å². The van der Waals surface area contributed by atoms with Crippen LogP contribution in [0.5, 0.6) is 0 Å². The molecule has 0 atom stereocenters. The van der Waals surface area contributed by atoms with Gasteiger partial charge in [0, 0.05) is 12.6 Å². The highest BCUT2D eigenvalue weighted by molar-refractivity contribution is 5.77. The summed E-state index contributed by atoms with van der Waals surface area (Å²) < 4.78 is 4.77. The Labute approximate surface area is 61.8 Å². The van der Waals surface area contributed by atoms with Crippen molar-refractivity contribution < 1.29 is 9.53 Å². The maximum Gasteiger partial charge on any atom is 0.246 e. The molecule has 0 aromatic carbocycles. The zero-order valence-electron chi connectivity index (χ0n) is 6.52. The smallest absolute Gasteiger partial charge is 0.246 e. The molecule has 0 aromatic heterocycles. The Bertz CT molecular complexity index is 102. The van der Waals surface area contributed by atoms with E-state index in [4.69, 9.17) is 4.74 Å². The molecule has 0 saturated heterocycles. The summed E-state index contributed by atoms with van der Waals surface area (Å²) in [5.41, 5.74) is 0. The van der Waals surface area contributed by atoms with E-state index in [1.165, 1.54) is 0 Å². The van der Waals surface area contributed by atoms with Crippen LogP contribution in [0.4, 0.5) is 0 Å². The molecule has 3 nitrogen and oxygen atoms in total. The third-order valence-corrected chi connectivity index (χ3v) is 0.827. The van der Waals surface area contributed by atoms with Crippen LogP contribution in [0.3, 0.4) is 0 Å². The number of rotatable bonds is 4. The van der Waals surface area contributed by atoms with Crippen LogP contribution >= 0.6 is 0 Å². The van der Waals surface area contributed by atoms with Crippen LogP contribution in [0, 0.1) is 6.92 Å². The molecule has 0 fully saturated rings. The molecule has 3 heteroatoms. The standard InChI is InChI=1S/C7H14NO2/c1-4-10-5-7(9)8-6(2)3/h6H,1,4-5H2,2-3H3,(H,8,9). The summed E-state index contributed by atoms with van der Waals surface area (Å²) in [6, 6.07) is 0.181. The second-order valence-corrected chi connectivity index (χ2v) is 2.27. The van der Waals surface area contributed by atoms with Crippen molar-refractivity contribution in [1.82, 2.24) is 5.32 Å². The van der Waals surface area contributed by atoms with Gasteiger partial charge in [-0.3, -0.25) is 4.79 Å². The minimum Gasteiger partial charge on any atom is -0.372 e. The van der Waals surface area contributed by atoms with Crippen molar-refractivity contribution >= 4 is 5.91 Å². The Kier molecular flexibility index (Phi) is 4.94. The lowest BCUT2D eigenvalue weighted by molar-refractivity contribution is -0.125. The molecule has 0 bridgehead atoms. The first-order chi connectivity index (χ1) is 4.66. The molecule has 0 aliphatic heterocycles. The Hall–Kier alpha value is -0.570. The van der Waals surface area contributed by atoms with Crippen LogP contribution in [0.15, 0.2) is 0 Å². The van der Waals surface area contributed by atoms with Crippen molar-refractivity contribution in [2.45, 2.75) is 19.9 Å². The molecule has 1 amide bonds. The Morgan fingerprint density at radius 1 is 1.70 bits per heavy atom. The normalized spacial score (nSPS) is 10.0. The summed E-state index contributed by atoms with van der Waals surface area (Å²) >= 11 is 0. The van der Waals surface area contributed by atoms with Crippen LogP contribution in [-0.2, 0) is 9.53 Å². The first kappa shape index (κ1) is 9.43. The van der Waals surface area contributed by atoms with Gasteiger partial charge in [-0.1, -0.05) is 0 Å². The van der Waals surface area contributed by atoms with Crippen molar-refractivity contribution in [3.63, 3.8) is 0 Å². The molecule has 0 heterocycles. The van der Waals surface area contributed by atoms with E-state index in [1.54, 1.807) is 0 Å². The minimum absolute atomic E-state index is 0.0846. The first-order valence-electron chi connectivity index (χ1n) is 3.33. The molecule has 0 aliphatic carbocycles. The molecule has 0 saturated carbocycles. The maximum atomic E-state index is 10.7. The average Bonchev–Trinajstić information content (AvgIpc) is 1.82. The number of amides is 1. The number of carbonyl (C=O) groups excluding carboxylic acids is 1.